The van der Waals surface area contributed by atoms with E-state index in [0.29, 0.717) is 35.8 Å². The topological polar surface area (TPSA) is 70.0 Å². The molecule has 1 saturated heterocycles. The number of ether oxygens (including phenoxy) is 3. The van der Waals surface area contributed by atoms with Crippen molar-refractivity contribution in [1.82, 2.24) is 9.47 Å². The number of esters is 1. The highest BCUT2D eigenvalue weighted by molar-refractivity contribution is 7.99. The Hall–Kier alpha value is -2.61. The molecular formula is C22H28N2O5S. The molecule has 1 amide bonds. The fourth-order valence-electron chi connectivity index (χ4n) is 3.93. The van der Waals surface area contributed by atoms with E-state index in [-0.39, 0.29) is 17.3 Å². The largest absolute Gasteiger partial charge is 0.493 e. The average molecular weight is 433 g/mol. The molecule has 0 saturated carbocycles. The molecular weight excluding hydrogens is 404 g/mol. The highest BCUT2D eigenvalue weighted by Crippen LogP contribution is 2.44. The van der Waals surface area contributed by atoms with E-state index in [4.69, 9.17) is 14.2 Å². The van der Waals surface area contributed by atoms with Gasteiger partial charge in [0.15, 0.2) is 11.5 Å². The third-order valence-electron chi connectivity index (χ3n) is 5.68. The second kappa shape index (κ2) is 9.04. The van der Waals surface area contributed by atoms with Crippen molar-refractivity contribution >= 4 is 23.6 Å². The minimum Gasteiger partial charge on any atom is -0.493 e. The molecule has 1 aromatic carbocycles. The number of para-hydroxylation sites is 1. The van der Waals surface area contributed by atoms with Gasteiger partial charge in [0.1, 0.15) is 5.37 Å². The third kappa shape index (κ3) is 3.76. The van der Waals surface area contributed by atoms with Gasteiger partial charge in [-0.2, -0.15) is 0 Å². The van der Waals surface area contributed by atoms with Crippen molar-refractivity contribution in [3.63, 3.8) is 0 Å². The van der Waals surface area contributed by atoms with Crippen molar-refractivity contribution in [3.05, 3.63) is 46.3 Å². The Morgan fingerprint density at radius 3 is 2.53 bits per heavy atom. The summed E-state index contributed by atoms with van der Waals surface area (Å²) < 4.78 is 18.0. The molecule has 2 heterocycles. The van der Waals surface area contributed by atoms with E-state index >= 15 is 0 Å². The van der Waals surface area contributed by atoms with E-state index in [1.165, 1.54) is 7.11 Å². The summed E-state index contributed by atoms with van der Waals surface area (Å²) in [7, 11) is 6.48. The number of hydrogen-bond donors (Lipinski definition) is 0. The number of amides is 1. The lowest BCUT2D eigenvalue weighted by molar-refractivity contribution is -0.132. The molecule has 162 valence electrons. The summed E-state index contributed by atoms with van der Waals surface area (Å²) in [6.07, 6.45) is 0.450. The lowest BCUT2D eigenvalue weighted by atomic mass is 10.1. The Kier molecular flexibility index (Phi) is 6.65. The lowest BCUT2D eigenvalue weighted by Crippen LogP contribution is -2.37. The van der Waals surface area contributed by atoms with E-state index in [1.54, 1.807) is 26.0 Å². The fourth-order valence-corrected chi connectivity index (χ4v) is 5.27. The zero-order valence-corrected chi connectivity index (χ0v) is 19.1. The number of carbonyl (C=O) groups excluding carboxylic acids is 2. The predicted molar refractivity (Wildman–Crippen MR) is 116 cm³/mol. The first-order chi connectivity index (χ1) is 14.3. The number of nitrogens with zero attached hydrogens (tertiary/aromatic N) is 2. The first kappa shape index (κ1) is 22.1. The maximum Gasteiger partial charge on any atom is 0.340 e. The highest BCUT2D eigenvalue weighted by atomic mass is 32.2. The number of rotatable bonds is 6. The second-order valence-corrected chi connectivity index (χ2v) is 8.35. The summed E-state index contributed by atoms with van der Waals surface area (Å²) in [5.74, 6) is 1.58. The molecule has 0 bridgehead atoms. The molecule has 1 aliphatic heterocycles. The zero-order chi connectivity index (χ0) is 22.0. The van der Waals surface area contributed by atoms with Crippen molar-refractivity contribution < 1.29 is 23.8 Å². The van der Waals surface area contributed by atoms with Crippen LogP contribution in [0.1, 0.15) is 44.7 Å². The molecule has 1 aliphatic rings. The third-order valence-corrected chi connectivity index (χ3v) is 6.93. The minimum absolute atomic E-state index is 0.0420. The summed E-state index contributed by atoms with van der Waals surface area (Å²) in [6, 6.07) is 5.63. The molecule has 7 nitrogen and oxygen atoms in total. The van der Waals surface area contributed by atoms with Crippen LogP contribution in [0, 0.1) is 13.8 Å². The Balaban J connectivity index is 2.09. The van der Waals surface area contributed by atoms with Crippen LogP contribution in [0.2, 0.25) is 0 Å². The molecule has 0 radical (unpaired) electrons. The maximum absolute atomic E-state index is 13.0. The van der Waals surface area contributed by atoms with Crippen LogP contribution in [0.15, 0.2) is 18.2 Å². The van der Waals surface area contributed by atoms with Gasteiger partial charge in [-0.05, 0) is 19.9 Å². The van der Waals surface area contributed by atoms with E-state index < -0.39 is 0 Å². The molecule has 1 aromatic heterocycles. The van der Waals surface area contributed by atoms with Gasteiger partial charge in [-0.25, -0.2) is 4.79 Å². The number of benzene rings is 1. The van der Waals surface area contributed by atoms with Gasteiger partial charge in [-0.1, -0.05) is 12.1 Å². The van der Waals surface area contributed by atoms with Crippen LogP contribution >= 0.6 is 11.8 Å². The Labute approximate surface area is 181 Å². The van der Waals surface area contributed by atoms with Crippen molar-refractivity contribution in [1.29, 1.82) is 0 Å². The molecule has 1 fully saturated rings. The van der Waals surface area contributed by atoms with Crippen molar-refractivity contribution in [3.8, 4) is 11.5 Å². The average Bonchev–Trinajstić information content (AvgIpc) is 2.98. The predicted octanol–water partition coefficient (Wildman–Crippen LogP) is 3.61. The van der Waals surface area contributed by atoms with Gasteiger partial charge in [0, 0.05) is 41.7 Å². The van der Waals surface area contributed by atoms with Crippen LogP contribution in [0.25, 0.3) is 0 Å². The molecule has 1 unspecified atom stereocenters. The smallest absolute Gasteiger partial charge is 0.340 e. The summed E-state index contributed by atoms with van der Waals surface area (Å²) >= 11 is 1.66. The molecule has 30 heavy (non-hydrogen) atoms. The van der Waals surface area contributed by atoms with Gasteiger partial charge < -0.3 is 23.7 Å². The van der Waals surface area contributed by atoms with Crippen molar-refractivity contribution in [2.75, 3.05) is 27.1 Å². The van der Waals surface area contributed by atoms with Crippen LogP contribution in [0.3, 0.4) is 0 Å². The van der Waals surface area contributed by atoms with E-state index in [1.807, 2.05) is 48.6 Å². The van der Waals surface area contributed by atoms with Crippen LogP contribution in [-0.2, 0) is 23.1 Å². The van der Waals surface area contributed by atoms with Gasteiger partial charge in [0.2, 0.25) is 5.91 Å². The normalized spacial score (nSPS) is 16.5. The van der Waals surface area contributed by atoms with Gasteiger partial charge >= 0.3 is 5.97 Å². The fraction of sp³-hybridized carbons (Fsp3) is 0.455. The molecule has 0 aliphatic carbocycles. The van der Waals surface area contributed by atoms with E-state index in [0.717, 1.165) is 22.5 Å². The number of aromatic nitrogens is 1. The number of hydrogen-bond acceptors (Lipinski definition) is 6. The summed E-state index contributed by atoms with van der Waals surface area (Å²) in [5, 5.41) is -0.295. The minimum atomic E-state index is -0.385. The first-order valence-corrected chi connectivity index (χ1v) is 10.8. The first-order valence-electron chi connectivity index (χ1n) is 9.70. The summed E-state index contributed by atoms with van der Waals surface area (Å²) in [4.78, 5) is 27.4. The molecule has 0 spiro atoms. The molecule has 2 aromatic rings. The molecule has 3 rings (SSSR count). The monoisotopic (exact) mass is 432 g/mol. The Bertz CT molecular complexity index is 969. The Morgan fingerprint density at radius 1 is 1.17 bits per heavy atom. The number of methoxy groups -OCH3 is 3. The van der Waals surface area contributed by atoms with Gasteiger partial charge in [0.05, 0.1) is 33.4 Å². The zero-order valence-electron chi connectivity index (χ0n) is 18.3. The number of carbonyl (C=O) groups is 2. The molecule has 1 atom stereocenters. The standard InChI is InChI=1S/C22H28N2O5S/c1-13-18(19(22(26)29-6)14(2)23(13)3)21-24(17(25)10-11-30-21)12-15-8-7-9-16(27-4)20(15)28-5/h7-9,21H,10-12H2,1-6H3. The van der Waals surface area contributed by atoms with Gasteiger partial charge in [-0.3, -0.25) is 4.79 Å². The molecule has 0 N–H and O–H groups in total. The van der Waals surface area contributed by atoms with Crippen LogP contribution in [-0.4, -0.2) is 48.4 Å². The Morgan fingerprint density at radius 2 is 1.90 bits per heavy atom. The molecule has 8 heteroatoms. The van der Waals surface area contributed by atoms with Crippen LogP contribution in [0.5, 0.6) is 11.5 Å². The summed E-state index contributed by atoms with van der Waals surface area (Å²) in [5.41, 5.74) is 3.99. The summed E-state index contributed by atoms with van der Waals surface area (Å²) in [6.45, 7) is 4.22. The maximum atomic E-state index is 13.0. The van der Waals surface area contributed by atoms with Crippen molar-refractivity contribution in [2.45, 2.75) is 32.2 Å². The van der Waals surface area contributed by atoms with Crippen molar-refractivity contribution in [2.24, 2.45) is 7.05 Å². The SMILES string of the molecule is COC(=O)c1c(C2SCCC(=O)N2Cc2cccc(OC)c2OC)c(C)n(C)c1C. The van der Waals surface area contributed by atoms with Crippen LogP contribution in [0.4, 0.5) is 0 Å². The highest BCUT2D eigenvalue weighted by Gasteiger charge is 2.37. The lowest BCUT2D eigenvalue weighted by Gasteiger charge is -2.36. The van der Waals surface area contributed by atoms with Crippen LogP contribution < -0.4 is 9.47 Å². The van der Waals surface area contributed by atoms with E-state index in [9.17, 15) is 9.59 Å². The second-order valence-electron chi connectivity index (χ2n) is 7.16. The van der Waals surface area contributed by atoms with Gasteiger partial charge in [-0.15, -0.1) is 11.8 Å². The number of thioether (sulfide) groups is 1. The van der Waals surface area contributed by atoms with E-state index in [2.05, 4.69) is 0 Å². The quantitative estimate of drug-likeness (QED) is 0.650. The van der Waals surface area contributed by atoms with Gasteiger partial charge in [0.25, 0.3) is 0 Å².